The zero-order valence-corrected chi connectivity index (χ0v) is 14.8. The molecule has 2 amide bonds. The van der Waals surface area contributed by atoms with Crippen molar-refractivity contribution in [3.05, 3.63) is 71.8 Å². The summed E-state index contributed by atoms with van der Waals surface area (Å²) in [5, 5.41) is 5.36. The van der Waals surface area contributed by atoms with Crippen LogP contribution < -0.4 is 16.4 Å². The molecule has 0 saturated carbocycles. The molecule has 0 bridgehead atoms. The largest absolute Gasteiger partial charge is 0.354 e. The molecule has 0 radical (unpaired) electrons. The van der Waals surface area contributed by atoms with Crippen molar-refractivity contribution in [2.24, 2.45) is 5.73 Å². The Morgan fingerprint density at radius 2 is 1.48 bits per heavy atom. The first kappa shape index (κ1) is 20.7. The number of nitrogens with one attached hydrogen (secondary N) is 2. The Hall–Kier alpha value is -2.37. The minimum absolute atomic E-state index is 0. The topological polar surface area (TPSA) is 84.2 Å². The van der Waals surface area contributed by atoms with Gasteiger partial charge in [-0.15, -0.1) is 12.4 Å². The molecular formula is C19H24ClN3O2. The highest BCUT2D eigenvalue weighted by molar-refractivity contribution is 5.85. The lowest BCUT2D eigenvalue weighted by atomic mass is 9.92. The lowest BCUT2D eigenvalue weighted by molar-refractivity contribution is -0.125. The van der Waals surface area contributed by atoms with Crippen molar-refractivity contribution in [3.8, 4) is 0 Å². The summed E-state index contributed by atoms with van der Waals surface area (Å²) in [7, 11) is 0. The van der Waals surface area contributed by atoms with E-state index >= 15 is 0 Å². The van der Waals surface area contributed by atoms with Gasteiger partial charge in [0.2, 0.25) is 11.8 Å². The fourth-order valence-corrected chi connectivity index (χ4v) is 2.48. The summed E-state index contributed by atoms with van der Waals surface area (Å²) in [6.45, 7) is 0.340. The van der Waals surface area contributed by atoms with E-state index in [0.29, 0.717) is 6.54 Å². The monoisotopic (exact) mass is 361 g/mol. The van der Waals surface area contributed by atoms with Crippen molar-refractivity contribution in [1.82, 2.24) is 10.6 Å². The van der Waals surface area contributed by atoms with Crippen LogP contribution in [0.4, 0.5) is 0 Å². The lowest BCUT2D eigenvalue weighted by Crippen LogP contribution is -2.40. The number of nitrogens with two attached hydrogens (primary N) is 1. The molecule has 134 valence electrons. The van der Waals surface area contributed by atoms with Gasteiger partial charge in [-0.25, -0.2) is 0 Å². The Morgan fingerprint density at radius 1 is 0.880 bits per heavy atom. The molecule has 2 aromatic rings. The smallest absolute Gasteiger partial charge is 0.239 e. The van der Waals surface area contributed by atoms with Crippen molar-refractivity contribution < 1.29 is 9.59 Å². The number of rotatable bonds is 8. The van der Waals surface area contributed by atoms with Gasteiger partial charge in [0.15, 0.2) is 0 Å². The second-order valence-electron chi connectivity index (χ2n) is 5.58. The van der Waals surface area contributed by atoms with Gasteiger partial charge in [0.25, 0.3) is 0 Å². The quantitative estimate of drug-likeness (QED) is 0.668. The normalized spacial score (nSPS) is 11.1. The van der Waals surface area contributed by atoms with Crippen molar-refractivity contribution in [1.29, 1.82) is 0 Å². The minimum Gasteiger partial charge on any atom is -0.354 e. The molecule has 0 aliphatic heterocycles. The van der Waals surface area contributed by atoms with Gasteiger partial charge >= 0.3 is 0 Å². The molecule has 2 rings (SSSR count). The first-order chi connectivity index (χ1) is 11.7. The Kier molecular flexibility index (Phi) is 9.29. The molecule has 5 nitrogen and oxygen atoms in total. The van der Waals surface area contributed by atoms with E-state index in [1.165, 1.54) is 11.1 Å². The van der Waals surface area contributed by atoms with Gasteiger partial charge in [-0.1, -0.05) is 60.7 Å². The Bertz CT molecular complexity index is 650. The Labute approximate surface area is 154 Å². The molecule has 25 heavy (non-hydrogen) atoms. The number of hydrogen-bond acceptors (Lipinski definition) is 3. The van der Waals surface area contributed by atoms with Gasteiger partial charge in [0.05, 0.1) is 13.1 Å². The lowest BCUT2D eigenvalue weighted by Gasteiger charge is -2.18. The van der Waals surface area contributed by atoms with Crippen molar-refractivity contribution in [3.63, 3.8) is 0 Å². The number of carbonyl (C=O) groups is 2. The predicted octanol–water partition coefficient (Wildman–Crippen LogP) is 1.63. The Balaban J connectivity index is 0.00000312. The molecule has 4 N–H and O–H groups in total. The van der Waals surface area contributed by atoms with Crippen LogP contribution in [0, 0.1) is 0 Å². The van der Waals surface area contributed by atoms with Crippen LogP contribution in [-0.2, 0) is 16.0 Å². The third-order valence-electron chi connectivity index (χ3n) is 3.77. The molecule has 6 heteroatoms. The van der Waals surface area contributed by atoms with Crippen LogP contribution in [0.3, 0.4) is 0 Å². The molecule has 0 heterocycles. The van der Waals surface area contributed by atoms with Crippen LogP contribution in [0.1, 0.15) is 17.0 Å². The van der Waals surface area contributed by atoms with E-state index in [9.17, 15) is 9.59 Å². The summed E-state index contributed by atoms with van der Waals surface area (Å²) in [5.74, 6) is -0.386. The molecule has 0 saturated heterocycles. The average molecular weight is 362 g/mol. The van der Waals surface area contributed by atoms with E-state index in [-0.39, 0.29) is 43.2 Å². The molecule has 1 atom stereocenters. The van der Waals surface area contributed by atoms with E-state index in [1.807, 2.05) is 36.4 Å². The van der Waals surface area contributed by atoms with Gasteiger partial charge < -0.3 is 16.4 Å². The van der Waals surface area contributed by atoms with E-state index in [1.54, 1.807) is 0 Å². The van der Waals surface area contributed by atoms with Crippen molar-refractivity contribution in [2.45, 2.75) is 12.3 Å². The van der Waals surface area contributed by atoms with Crippen molar-refractivity contribution >= 4 is 24.2 Å². The zero-order chi connectivity index (χ0) is 17.2. The van der Waals surface area contributed by atoms with Gasteiger partial charge in [-0.05, 0) is 17.5 Å². The molecule has 0 spiro atoms. The summed E-state index contributed by atoms with van der Waals surface area (Å²) in [6.07, 6.45) is 0.834. The molecule has 0 fully saturated rings. The second-order valence-corrected chi connectivity index (χ2v) is 5.58. The number of halogens is 1. The maximum absolute atomic E-state index is 11.9. The summed E-state index contributed by atoms with van der Waals surface area (Å²) in [5.41, 5.74) is 7.59. The molecule has 2 aromatic carbocycles. The number of carbonyl (C=O) groups excluding carboxylic acids is 2. The molecule has 0 aromatic heterocycles. The summed E-state index contributed by atoms with van der Waals surface area (Å²) in [4.78, 5) is 23.0. The average Bonchev–Trinajstić information content (AvgIpc) is 2.64. The van der Waals surface area contributed by atoms with Gasteiger partial charge in [-0.3, -0.25) is 9.59 Å². The first-order valence-electron chi connectivity index (χ1n) is 8.01. The zero-order valence-electron chi connectivity index (χ0n) is 14.0. The maximum atomic E-state index is 11.9. The minimum atomic E-state index is -0.339. The molecular weight excluding hydrogens is 338 g/mol. The number of amides is 2. The van der Waals surface area contributed by atoms with Gasteiger partial charge in [0.1, 0.15) is 0 Å². The standard InChI is InChI=1S/C19H23N3O2.ClH/c20-12-18(23)22-14-19(24)21-13-17(16-9-5-2-6-10-16)11-15-7-3-1-4-8-15;/h1-10,17H,11-14,20H2,(H,21,24)(H,22,23);1H. The van der Waals surface area contributed by atoms with Crippen LogP contribution in [0.2, 0.25) is 0 Å². The highest BCUT2D eigenvalue weighted by Crippen LogP contribution is 2.20. The third-order valence-corrected chi connectivity index (χ3v) is 3.77. The maximum Gasteiger partial charge on any atom is 0.239 e. The summed E-state index contributed by atoms with van der Waals surface area (Å²) >= 11 is 0. The van der Waals surface area contributed by atoms with Crippen LogP contribution in [0.25, 0.3) is 0 Å². The highest BCUT2D eigenvalue weighted by Gasteiger charge is 2.14. The van der Waals surface area contributed by atoms with Crippen LogP contribution >= 0.6 is 12.4 Å². The predicted molar refractivity (Wildman–Crippen MR) is 102 cm³/mol. The summed E-state index contributed by atoms with van der Waals surface area (Å²) < 4.78 is 0. The Morgan fingerprint density at radius 3 is 2.08 bits per heavy atom. The molecule has 0 aliphatic rings. The van der Waals surface area contributed by atoms with Crippen LogP contribution in [0.15, 0.2) is 60.7 Å². The van der Waals surface area contributed by atoms with E-state index < -0.39 is 0 Å². The van der Waals surface area contributed by atoms with Crippen molar-refractivity contribution in [2.75, 3.05) is 19.6 Å². The molecule has 0 aliphatic carbocycles. The van der Waals surface area contributed by atoms with Gasteiger partial charge in [-0.2, -0.15) is 0 Å². The van der Waals surface area contributed by atoms with E-state index in [0.717, 1.165) is 6.42 Å². The molecule has 1 unspecified atom stereocenters. The van der Waals surface area contributed by atoms with Gasteiger partial charge in [0, 0.05) is 12.5 Å². The fourth-order valence-electron chi connectivity index (χ4n) is 2.48. The van der Waals surface area contributed by atoms with Crippen LogP contribution in [0.5, 0.6) is 0 Å². The van der Waals surface area contributed by atoms with E-state index in [2.05, 4.69) is 34.9 Å². The SMILES string of the molecule is Cl.NCC(=O)NCC(=O)NCC(Cc1ccccc1)c1ccccc1. The number of hydrogen-bond donors (Lipinski definition) is 3. The van der Waals surface area contributed by atoms with Crippen LogP contribution in [-0.4, -0.2) is 31.4 Å². The summed E-state index contributed by atoms with van der Waals surface area (Å²) in [6, 6.07) is 20.3. The highest BCUT2D eigenvalue weighted by atomic mass is 35.5. The van der Waals surface area contributed by atoms with E-state index in [4.69, 9.17) is 5.73 Å². The fraction of sp³-hybridized carbons (Fsp3) is 0.263. The number of benzene rings is 2. The second kappa shape index (κ2) is 11.2. The third kappa shape index (κ3) is 7.37. The first-order valence-corrected chi connectivity index (χ1v) is 8.01.